The molecule has 0 spiro atoms. The highest BCUT2D eigenvalue weighted by Crippen LogP contribution is 2.34. The molecule has 0 saturated heterocycles. The first kappa shape index (κ1) is 25.1. The molecule has 0 fully saturated rings. The number of thiophene rings is 1. The van der Waals surface area contributed by atoms with Crippen LogP contribution in [0.3, 0.4) is 0 Å². The summed E-state index contributed by atoms with van der Waals surface area (Å²) >= 11 is 1.51. The third-order valence-corrected chi connectivity index (χ3v) is 7.94. The number of rotatable bonds is 8. The summed E-state index contributed by atoms with van der Waals surface area (Å²) in [6, 6.07) is 4.34. The van der Waals surface area contributed by atoms with Crippen LogP contribution in [0.2, 0.25) is 0 Å². The van der Waals surface area contributed by atoms with Gasteiger partial charge in [-0.3, -0.25) is 23.9 Å². The molecule has 1 aliphatic heterocycles. The summed E-state index contributed by atoms with van der Waals surface area (Å²) < 4.78 is 7.10. The van der Waals surface area contributed by atoms with Gasteiger partial charge in [-0.05, 0) is 64.5 Å². The molecule has 35 heavy (non-hydrogen) atoms. The van der Waals surface area contributed by atoms with E-state index in [0.717, 1.165) is 23.5 Å². The molecule has 0 aliphatic carbocycles. The average molecular weight is 497 g/mol. The minimum Gasteiger partial charge on any atom is -0.482 e. The third kappa shape index (κ3) is 4.38. The summed E-state index contributed by atoms with van der Waals surface area (Å²) in [6.07, 6.45) is 0. The van der Waals surface area contributed by atoms with E-state index in [9.17, 15) is 14.4 Å². The zero-order chi connectivity index (χ0) is 25.4. The number of ketones is 1. The van der Waals surface area contributed by atoms with Gasteiger partial charge in [-0.15, -0.1) is 11.3 Å². The lowest BCUT2D eigenvalue weighted by Crippen LogP contribution is -2.38. The van der Waals surface area contributed by atoms with Gasteiger partial charge >= 0.3 is 0 Å². The zero-order valence-electron chi connectivity index (χ0n) is 21.2. The molecular formula is C26H32N4O4S. The summed E-state index contributed by atoms with van der Waals surface area (Å²) in [7, 11) is 0. The zero-order valence-corrected chi connectivity index (χ0v) is 22.0. The number of anilines is 1. The maximum absolute atomic E-state index is 13.8. The predicted molar refractivity (Wildman–Crippen MR) is 139 cm³/mol. The van der Waals surface area contributed by atoms with Gasteiger partial charge in [0, 0.05) is 17.0 Å². The SMILES string of the molecule is CCN(CC)Cc1nc2sc(C)c(C)c2c(=O)n1C(C)C(=O)c1ccc2c(c1)N(CC)C(=O)CO2. The van der Waals surface area contributed by atoms with Crippen molar-refractivity contribution in [3.8, 4) is 5.75 Å². The van der Waals surface area contributed by atoms with Crippen LogP contribution in [0, 0.1) is 13.8 Å². The Morgan fingerprint density at radius 1 is 1.20 bits per heavy atom. The number of hydrogen-bond acceptors (Lipinski definition) is 7. The molecule has 0 saturated carbocycles. The Hall–Kier alpha value is -3.04. The maximum Gasteiger partial charge on any atom is 0.265 e. The number of carbonyl (C=O) groups is 2. The smallest absolute Gasteiger partial charge is 0.265 e. The first-order chi connectivity index (χ1) is 16.7. The van der Waals surface area contributed by atoms with Crippen molar-refractivity contribution in [2.45, 2.75) is 54.1 Å². The number of hydrogen-bond donors (Lipinski definition) is 0. The van der Waals surface area contributed by atoms with E-state index in [1.807, 2.05) is 20.8 Å². The second-order valence-electron chi connectivity index (χ2n) is 8.78. The number of aryl methyl sites for hydroxylation is 2. The molecule has 1 amide bonds. The fourth-order valence-corrected chi connectivity index (χ4v) is 5.61. The van der Waals surface area contributed by atoms with Crippen LogP contribution in [0.25, 0.3) is 10.2 Å². The van der Waals surface area contributed by atoms with Crippen molar-refractivity contribution in [1.82, 2.24) is 14.5 Å². The van der Waals surface area contributed by atoms with E-state index in [1.165, 1.54) is 11.3 Å². The molecular weight excluding hydrogens is 464 g/mol. The van der Waals surface area contributed by atoms with Gasteiger partial charge in [0.15, 0.2) is 12.4 Å². The lowest BCUT2D eigenvalue weighted by Gasteiger charge is -2.29. The standard InChI is InChI=1S/C26H32N4O4S/c1-7-28(8-2)13-21-27-25-23(15(4)17(6)35-25)26(33)30(21)16(5)24(32)18-10-11-20-19(12-18)29(9-3)22(31)14-34-20/h10-12,16H,7-9,13-14H2,1-6H3. The van der Waals surface area contributed by atoms with Crippen LogP contribution in [0.1, 0.15) is 60.4 Å². The molecule has 0 radical (unpaired) electrons. The van der Waals surface area contributed by atoms with E-state index < -0.39 is 6.04 Å². The van der Waals surface area contributed by atoms with E-state index in [-0.39, 0.29) is 23.9 Å². The van der Waals surface area contributed by atoms with Gasteiger partial charge in [-0.25, -0.2) is 4.98 Å². The van der Waals surface area contributed by atoms with E-state index in [1.54, 1.807) is 34.6 Å². The lowest BCUT2D eigenvalue weighted by atomic mass is 10.0. The second kappa shape index (κ2) is 9.91. The summed E-state index contributed by atoms with van der Waals surface area (Å²) in [5.74, 6) is 0.798. The quantitative estimate of drug-likeness (QED) is 0.437. The topological polar surface area (TPSA) is 84.7 Å². The second-order valence-corrected chi connectivity index (χ2v) is 9.98. The molecule has 3 aromatic rings. The van der Waals surface area contributed by atoms with Crippen LogP contribution >= 0.6 is 11.3 Å². The Labute approximate surface area is 209 Å². The van der Waals surface area contributed by atoms with Crippen molar-refractivity contribution in [3.05, 3.63) is 50.4 Å². The normalized spacial score (nSPS) is 14.4. The van der Waals surface area contributed by atoms with Crippen LogP contribution in [0.5, 0.6) is 5.75 Å². The molecule has 0 N–H and O–H groups in total. The number of amides is 1. The number of fused-ring (bicyclic) bond motifs is 2. The van der Waals surface area contributed by atoms with E-state index in [4.69, 9.17) is 9.72 Å². The fraction of sp³-hybridized carbons (Fsp3) is 0.462. The summed E-state index contributed by atoms with van der Waals surface area (Å²) in [4.78, 5) is 50.2. The first-order valence-corrected chi connectivity index (χ1v) is 12.9. The number of likely N-dealkylation sites (N-methyl/N-ethyl adjacent to an activating group) is 1. The minimum absolute atomic E-state index is 0.0141. The lowest BCUT2D eigenvalue weighted by molar-refractivity contribution is -0.121. The molecule has 9 heteroatoms. The molecule has 8 nitrogen and oxygen atoms in total. The fourth-order valence-electron chi connectivity index (χ4n) is 4.57. The van der Waals surface area contributed by atoms with Gasteiger partial charge in [0.2, 0.25) is 0 Å². The highest BCUT2D eigenvalue weighted by atomic mass is 32.1. The Kier molecular flexibility index (Phi) is 7.10. The van der Waals surface area contributed by atoms with Gasteiger partial charge < -0.3 is 9.64 Å². The van der Waals surface area contributed by atoms with Crippen LogP contribution < -0.4 is 15.2 Å². The van der Waals surface area contributed by atoms with Crippen molar-refractivity contribution in [1.29, 1.82) is 0 Å². The maximum atomic E-state index is 13.8. The summed E-state index contributed by atoms with van der Waals surface area (Å²) in [6.45, 7) is 14.2. The van der Waals surface area contributed by atoms with Crippen molar-refractivity contribution < 1.29 is 14.3 Å². The molecule has 3 heterocycles. The number of aromatic nitrogens is 2. The molecule has 2 aromatic heterocycles. The van der Waals surface area contributed by atoms with Crippen LogP contribution in [-0.4, -0.2) is 52.4 Å². The number of ether oxygens (including phenoxy) is 1. The molecule has 0 bridgehead atoms. The molecule has 1 atom stereocenters. The molecule has 4 rings (SSSR count). The third-order valence-electron chi connectivity index (χ3n) is 6.84. The number of nitrogens with zero attached hydrogens (tertiary/aromatic N) is 4. The minimum atomic E-state index is -0.766. The Morgan fingerprint density at radius 3 is 2.57 bits per heavy atom. The molecule has 1 aliphatic rings. The average Bonchev–Trinajstić information content (AvgIpc) is 3.14. The molecule has 1 unspecified atom stereocenters. The Morgan fingerprint density at radius 2 is 1.91 bits per heavy atom. The van der Waals surface area contributed by atoms with Crippen molar-refractivity contribution >= 4 is 38.9 Å². The largest absolute Gasteiger partial charge is 0.482 e. The van der Waals surface area contributed by atoms with Gasteiger partial charge in [-0.2, -0.15) is 0 Å². The monoisotopic (exact) mass is 496 g/mol. The van der Waals surface area contributed by atoms with Gasteiger partial charge in [0.25, 0.3) is 11.5 Å². The Balaban J connectivity index is 1.82. The first-order valence-electron chi connectivity index (χ1n) is 12.1. The number of Topliss-reactive ketones (excluding diaryl/α,β-unsaturated/α-hetero) is 1. The van der Waals surface area contributed by atoms with Crippen LogP contribution in [-0.2, 0) is 11.3 Å². The number of benzene rings is 1. The molecule has 1 aromatic carbocycles. The summed E-state index contributed by atoms with van der Waals surface area (Å²) in [5, 5.41) is 0.581. The van der Waals surface area contributed by atoms with Crippen LogP contribution in [0.15, 0.2) is 23.0 Å². The highest BCUT2D eigenvalue weighted by molar-refractivity contribution is 7.18. The van der Waals surface area contributed by atoms with E-state index >= 15 is 0 Å². The molecule has 186 valence electrons. The van der Waals surface area contributed by atoms with Crippen molar-refractivity contribution in [2.24, 2.45) is 0 Å². The van der Waals surface area contributed by atoms with Crippen LogP contribution in [0.4, 0.5) is 5.69 Å². The van der Waals surface area contributed by atoms with Gasteiger partial charge in [0.05, 0.1) is 23.7 Å². The predicted octanol–water partition coefficient (Wildman–Crippen LogP) is 4.11. The Bertz CT molecular complexity index is 1360. The van der Waals surface area contributed by atoms with Gasteiger partial charge in [-0.1, -0.05) is 13.8 Å². The van der Waals surface area contributed by atoms with E-state index in [2.05, 4.69) is 18.7 Å². The van der Waals surface area contributed by atoms with Gasteiger partial charge in [0.1, 0.15) is 16.4 Å². The highest BCUT2D eigenvalue weighted by Gasteiger charge is 2.29. The van der Waals surface area contributed by atoms with E-state index in [0.29, 0.717) is 46.1 Å². The number of carbonyl (C=O) groups excluding carboxylic acids is 2. The summed E-state index contributed by atoms with van der Waals surface area (Å²) in [5.41, 5.74) is 1.72. The van der Waals surface area contributed by atoms with Crippen molar-refractivity contribution in [3.63, 3.8) is 0 Å². The van der Waals surface area contributed by atoms with Crippen molar-refractivity contribution in [2.75, 3.05) is 31.1 Å².